The van der Waals surface area contributed by atoms with Gasteiger partial charge in [0.15, 0.2) is 0 Å². The molecule has 0 heterocycles. The van der Waals surface area contributed by atoms with Crippen LogP contribution in [0, 0.1) is 0 Å². The summed E-state index contributed by atoms with van der Waals surface area (Å²) >= 11 is 0. The lowest BCUT2D eigenvalue weighted by molar-refractivity contribution is -0.135. The fourth-order valence-electron chi connectivity index (χ4n) is 0.888. The van der Waals surface area contributed by atoms with Gasteiger partial charge in [-0.1, -0.05) is 24.3 Å². The van der Waals surface area contributed by atoms with Crippen molar-refractivity contribution in [1.82, 2.24) is 5.32 Å². The van der Waals surface area contributed by atoms with Gasteiger partial charge in [0.1, 0.15) is 6.54 Å². The van der Waals surface area contributed by atoms with Crippen LogP contribution >= 0.6 is 0 Å². The fourth-order valence-corrected chi connectivity index (χ4v) is 0.888. The van der Waals surface area contributed by atoms with Gasteiger partial charge < -0.3 is 10.4 Å². The summed E-state index contributed by atoms with van der Waals surface area (Å²) in [5, 5.41) is 11.2. The second-order valence-electron chi connectivity index (χ2n) is 2.43. The number of allylic oxidation sites excluding steroid dienone is 5. The molecule has 12 heavy (non-hydrogen) atoms. The lowest BCUT2D eigenvalue weighted by Crippen LogP contribution is -2.20. The molecule has 1 aliphatic rings. The van der Waals surface area contributed by atoms with E-state index >= 15 is 0 Å². The molecule has 0 aliphatic heterocycles. The van der Waals surface area contributed by atoms with E-state index in [-0.39, 0.29) is 6.54 Å². The first kappa shape index (κ1) is 8.59. The molecule has 0 saturated heterocycles. The van der Waals surface area contributed by atoms with E-state index in [1.165, 1.54) is 0 Å². The summed E-state index contributed by atoms with van der Waals surface area (Å²) in [6.45, 7) is -0.0316. The molecule has 3 heteroatoms. The highest BCUT2D eigenvalue weighted by Crippen LogP contribution is 2.00. The molecule has 0 saturated carbocycles. The molecule has 0 radical (unpaired) electrons. The van der Waals surface area contributed by atoms with Crippen molar-refractivity contribution in [3.8, 4) is 0 Å². The number of carboxylic acids is 1. The van der Waals surface area contributed by atoms with Gasteiger partial charge in [0.25, 0.3) is 0 Å². The molecule has 0 unspecified atom stereocenters. The van der Waals surface area contributed by atoms with Crippen molar-refractivity contribution in [2.75, 3.05) is 6.54 Å². The van der Waals surface area contributed by atoms with Crippen molar-refractivity contribution >= 4 is 5.97 Å². The van der Waals surface area contributed by atoms with E-state index in [1.807, 2.05) is 30.4 Å². The molecule has 64 valence electrons. The third kappa shape index (κ3) is 3.05. The molecule has 0 fully saturated rings. The molecule has 0 aromatic heterocycles. The lowest BCUT2D eigenvalue weighted by Gasteiger charge is -2.01. The number of aliphatic carboxylic acids is 1. The largest absolute Gasteiger partial charge is 0.480 e. The van der Waals surface area contributed by atoms with Crippen molar-refractivity contribution in [2.45, 2.75) is 6.42 Å². The third-order valence-corrected chi connectivity index (χ3v) is 1.44. The average molecular weight is 165 g/mol. The maximum absolute atomic E-state index is 10.2. The molecule has 2 N–H and O–H groups in total. The first-order valence-electron chi connectivity index (χ1n) is 3.78. The summed E-state index contributed by atoms with van der Waals surface area (Å²) in [4.78, 5) is 10.2. The quantitative estimate of drug-likeness (QED) is 0.657. The normalized spacial score (nSPS) is 15.2. The Morgan fingerprint density at radius 1 is 1.58 bits per heavy atom. The highest BCUT2D eigenvalue weighted by molar-refractivity contribution is 5.69. The second-order valence-corrected chi connectivity index (χ2v) is 2.43. The van der Waals surface area contributed by atoms with Crippen LogP contribution in [0.4, 0.5) is 0 Å². The van der Waals surface area contributed by atoms with Gasteiger partial charge >= 0.3 is 5.97 Å². The molecule has 0 aromatic rings. The zero-order chi connectivity index (χ0) is 8.81. The smallest absolute Gasteiger partial charge is 0.322 e. The van der Waals surface area contributed by atoms with Crippen LogP contribution in [0.15, 0.2) is 36.1 Å². The maximum atomic E-state index is 10.2. The summed E-state index contributed by atoms with van der Waals surface area (Å²) in [5.41, 5.74) is 0.863. The molecule has 0 bridgehead atoms. The molecule has 1 aliphatic carbocycles. The van der Waals surface area contributed by atoms with Crippen molar-refractivity contribution in [1.29, 1.82) is 0 Å². The first-order valence-corrected chi connectivity index (χ1v) is 3.78. The highest BCUT2D eigenvalue weighted by Gasteiger charge is 1.96. The Balaban J connectivity index is 2.42. The standard InChI is InChI=1S/C9H11NO2/c11-9(12)7-10-8-5-3-1-2-4-6-8/h1-3,5-6,10H,4,7H2,(H,11,12). The Hall–Kier alpha value is -1.51. The SMILES string of the molecule is O=C(O)CNC1=CCC=CC=C1. The Morgan fingerprint density at radius 2 is 2.42 bits per heavy atom. The van der Waals surface area contributed by atoms with Crippen LogP contribution in [-0.2, 0) is 4.79 Å². The number of hydrogen-bond acceptors (Lipinski definition) is 2. The number of nitrogens with one attached hydrogen (secondary N) is 1. The number of carboxylic acid groups (broad SMARTS) is 1. The van der Waals surface area contributed by atoms with E-state index in [9.17, 15) is 4.79 Å². The molecular weight excluding hydrogens is 154 g/mol. The molecule has 0 atom stereocenters. The van der Waals surface area contributed by atoms with Gasteiger partial charge in [-0.2, -0.15) is 0 Å². The summed E-state index contributed by atoms with van der Waals surface area (Å²) in [6, 6.07) is 0. The molecule has 0 aromatic carbocycles. The van der Waals surface area contributed by atoms with Gasteiger partial charge in [-0.25, -0.2) is 0 Å². The van der Waals surface area contributed by atoms with Gasteiger partial charge in [0, 0.05) is 5.70 Å². The van der Waals surface area contributed by atoms with Gasteiger partial charge in [0.05, 0.1) is 0 Å². The van der Waals surface area contributed by atoms with Gasteiger partial charge in [0.2, 0.25) is 0 Å². The predicted molar refractivity (Wildman–Crippen MR) is 46.6 cm³/mol. The maximum Gasteiger partial charge on any atom is 0.322 e. The molecule has 0 spiro atoms. The number of rotatable bonds is 3. The molecular formula is C9H11NO2. The Morgan fingerprint density at radius 3 is 3.17 bits per heavy atom. The lowest BCUT2D eigenvalue weighted by atomic mass is 10.3. The summed E-state index contributed by atoms with van der Waals surface area (Å²) in [7, 11) is 0. The summed E-state index contributed by atoms with van der Waals surface area (Å²) in [5.74, 6) is -0.846. The van der Waals surface area contributed by atoms with Crippen LogP contribution in [0.5, 0.6) is 0 Å². The minimum absolute atomic E-state index is 0.0316. The van der Waals surface area contributed by atoms with E-state index < -0.39 is 5.97 Å². The minimum atomic E-state index is -0.846. The van der Waals surface area contributed by atoms with E-state index in [0.717, 1.165) is 12.1 Å². The van der Waals surface area contributed by atoms with Crippen LogP contribution in [0.3, 0.4) is 0 Å². The topological polar surface area (TPSA) is 49.3 Å². The predicted octanol–water partition coefficient (Wildman–Crippen LogP) is 1.06. The van der Waals surface area contributed by atoms with Crippen LogP contribution in [0.25, 0.3) is 0 Å². The zero-order valence-corrected chi connectivity index (χ0v) is 6.66. The Kier molecular flexibility index (Phi) is 3.14. The van der Waals surface area contributed by atoms with Crippen LogP contribution in [0.2, 0.25) is 0 Å². The molecule has 1 rings (SSSR count). The Bertz CT molecular complexity index is 251. The summed E-state index contributed by atoms with van der Waals surface area (Å²) in [6.07, 6.45) is 10.5. The van der Waals surface area contributed by atoms with Crippen molar-refractivity contribution in [3.63, 3.8) is 0 Å². The monoisotopic (exact) mass is 165 g/mol. The van der Waals surface area contributed by atoms with E-state index in [2.05, 4.69) is 5.32 Å². The number of hydrogen-bond donors (Lipinski definition) is 2. The second kappa shape index (κ2) is 4.38. The van der Waals surface area contributed by atoms with Gasteiger partial charge in [-0.3, -0.25) is 4.79 Å². The molecule has 3 nitrogen and oxygen atoms in total. The van der Waals surface area contributed by atoms with Crippen LogP contribution < -0.4 is 5.32 Å². The van der Waals surface area contributed by atoms with E-state index in [4.69, 9.17) is 5.11 Å². The number of carbonyl (C=O) groups is 1. The summed E-state index contributed by atoms with van der Waals surface area (Å²) < 4.78 is 0. The fraction of sp³-hybridized carbons (Fsp3) is 0.222. The van der Waals surface area contributed by atoms with Gasteiger partial charge in [-0.15, -0.1) is 0 Å². The zero-order valence-electron chi connectivity index (χ0n) is 6.66. The van der Waals surface area contributed by atoms with E-state index in [0.29, 0.717) is 0 Å². The minimum Gasteiger partial charge on any atom is -0.480 e. The molecule has 0 amide bonds. The first-order chi connectivity index (χ1) is 5.79. The van der Waals surface area contributed by atoms with E-state index in [1.54, 1.807) is 0 Å². The highest BCUT2D eigenvalue weighted by atomic mass is 16.4. The third-order valence-electron chi connectivity index (χ3n) is 1.44. The van der Waals surface area contributed by atoms with Crippen LogP contribution in [-0.4, -0.2) is 17.6 Å². The van der Waals surface area contributed by atoms with Gasteiger partial charge in [-0.05, 0) is 12.5 Å². The van der Waals surface area contributed by atoms with Crippen molar-refractivity contribution in [3.05, 3.63) is 36.1 Å². The van der Waals surface area contributed by atoms with Crippen LogP contribution in [0.1, 0.15) is 6.42 Å². The average Bonchev–Trinajstić information content (AvgIpc) is 2.28. The van der Waals surface area contributed by atoms with Crippen molar-refractivity contribution in [2.24, 2.45) is 0 Å². The Labute approximate surface area is 71.1 Å². The van der Waals surface area contributed by atoms with Crippen molar-refractivity contribution < 1.29 is 9.90 Å².